The lowest BCUT2D eigenvalue weighted by Gasteiger charge is -2.28. The van der Waals surface area contributed by atoms with Crippen molar-refractivity contribution in [2.45, 2.75) is 12.6 Å². The number of anilines is 2. The molecular formula is C27H22N4O5. The van der Waals surface area contributed by atoms with Crippen LogP contribution in [0.25, 0.3) is 21.8 Å². The summed E-state index contributed by atoms with van der Waals surface area (Å²) in [5, 5.41) is 35.0. The molecule has 0 saturated carbocycles. The smallest absolute Gasteiger partial charge is 0.270 e. The Morgan fingerprint density at radius 2 is 1.17 bits per heavy atom. The van der Waals surface area contributed by atoms with Crippen LogP contribution in [0.4, 0.5) is 22.7 Å². The summed E-state index contributed by atoms with van der Waals surface area (Å²) in [6.07, 6.45) is -0.824. The van der Waals surface area contributed by atoms with Crippen LogP contribution in [-0.2, 0) is 6.54 Å². The monoisotopic (exact) mass is 482 g/mol. The number of hydrogen-bond acceptors (Lipinski definition) is 6. The van der Waals surface area contributed by atoms with Crippen molar-refractivity contribution < 1.29 is 15.0 Å². The quantitative estimate of drug-likeness (QED) is 0.220. The van der Waals surface area contributed by atoms with Crippen molar-refractivity contribution >= 4 is 44.6 Å². The van der Waals surface area contributed by atoms with E-state index in [2.05, 4.69) is 0 Å². The Kier molecular flexibility index (Phi) is 6.05. The summed E-state index contributed by atoms with van der Waals surface area (Å²) >= 11 is 0. The maximum absolute atomic E-state index is 11.4. The van der Waals surface area contributed by atoms with Gasteiger partial charge in [0.25, 0.3) is 11.4 Å². The number of nitro benzene ring substituents is 2. The number of aromatic nitrogens is 1. The molecule has 0 aliphatic heterocycles. The highest BCUT2D eigenvalue weighted by Gasteiger charge is 2.21. The van der Waals surface area contributed by atoms with Gasteiger partial charge in [0.2, 0.25) is 0 Å². The number of fused-ring (bicyclic) bond motifs is 3. The van der Waals surface area contributed by atoms with Gasteiger partial charge < -0.3 is 14.6 Å². The van der Waals surface area contributed by atoms with Gasteiger partial charge in [-0.3, -0.25) is 20.2 Å². The lowest BCUT2D eigenvalue weighted by molar-refractivity contribution is -0.385. The van der Waals surface area contributed by atoms with Crippen molar-refractivity contribution in [3.05, 3.63) is 117 Å². The first-order valence-electron chi connectivity index (χ1n) is 11.3. The lowest BCUT2D eigenvalue weighted by atomic mass is 10.1. The normalized spacial score (nSPS) is 12.0. The van der Waals surface area contributed by atoms with Gasteiger partial charge in [-0.2, -0.15) is 0 Å². The summed E-state index contributed by atoms with van der Waals surface area (Å²) in [7, 11) is 0. The van der Waals surface area contributed by atoms with Crippen LogP contribution < -0.4 is 4.90 Å². The van der Waals surface area contributed by atoms with E-state index in [9.17, 15) is 25.3 Å². The maximum Gasteiger partial charge on any atom is 0.270 e. The predicted octanol–water partition coefficient (Wildman–Crippen LogP) is 5.81. The van der Waals surface area contributed by atoms with Gasteiger partial charge in [-0.25, -0.2) is 0 Å². The first kappa shape index (κ1) is 23.0. The molecule has 180 valence electrons. The summed E-state index contributed by atoms with van der Waals surface area (Å²) in [6, 6.07) is 28.4. The van der Waals surface area contributed by atoms with E-state index in [0.29, 0.717) is 21.8 Å². The average Bonchev–Trinajstić information content (AvgIpc) is 3.20. The van der Waals surface area contributed by atoms with Crippen molar-refractivity contribution in [2.75, 3.05) is 11.4 Å². The Bertz CT molecular complexity index is 1460. The molecule has 1 atom stereocenters. The van der Waals surface area contributed by atoms with Gasteiger partial charge in [0.1, 0.15) is 0 Å². The van der Waals surface area contributed by atoms with E-state index >= 15 is 0 Å². The van der Waals surface area contributed by atoms with Gasteiger partial charge >= 0.3 is 0 Å². The molecule has 9 heteroatoms. The van der Waals surface area contributed by atoms with Crippen LogP contribution in [0.15, 0.2) is 97.1 Å². The van der Waals surface area contributed by atoms with E-state index in [1.165, 1.54) is 24.3 Å². The van der Waals surface area contributed by atoms with Gasteiger partial charge in [0, 0.05) is 57.4 Å². The summed E-state index contributed by atoms with van der Waals surface area (Å²) in [4.78, 5) is 23.8. The zero-order valence-corrected chi connectivity index (χ0v) is 19.1. The molecule has 1 N–H and O–H groups in total. The molecule has 5 aromatic rings. The molecule has 36 heavy (non-hydrogen) atoms. The fourth-order valence-electron chi connectivity index (χ4n) is 4.56. The largest absolute Gasteiger partial charge is 0.389 e. The van der Waals surface area contributed by atoms with Gasteiger partial charge in [-0.15, -0.1) is 0 Å². The number of aliphatic hydroxyl groups excluding tert-OH is 1. The van der Waals surface area contributed by atoms with E-state index in [4.69, 9.17) is 0 Å². The van der Waals surface area contributed by atoms with E-state index in [-0.39, 0.29) is 24.5 Å². The minimum absolute atomic E-state index is 0.104. The minimum Gasteiger partial charge on any atom is -0.389 e. The van der Waals surface area contributed by atoms with Crippen LogP contribution in [0.2, 0.25) is 0 Å². The molecule has 0 saturated heterocycles. The number of benzene rings is 4. The van der Waals surface area contributed by atoms with Crippen molar-refractivity contribution in [1.82, 2.24) is 4.57 Å². The molecule has 0 amide bonds. The highest BCUT2D eigenvalue weighted by molar-refractivity contribution is 6.09. The SMILES string of the molecule is O=[N+]([O-])c1ccc2c(c1)c1cc([N+](=O)[O-])ccc1n2CC(O)CN(c1ccccc1)c1ccccc1. The Labute approximate surface area is 205 Å². The van der Waals surface area contributed by atoms with Crippen LogP contribution in [0.3, 0.4) is 0 Å². The van der Waals surface area contributed by atoms with E-state index in [1.807, 2.05) is 70.1 Å². The Balaban J connectivity index is 1.56. The molecule has 4 aromatic carbocycles. The summed E-state index contributed by atoms with van der Waals surface area (Å²) in [5.74, 6) is 0. The highest BCUT2D eigenvalue weighted by atomic mass is 16.6. The van der Waals surface area contributed by atoms with Crippen molar-refractivity contribution in [3.8, 4) is 0 Å². The Morgan fingerprint density at radius 1 is 0.722 bits per heavy atom. The first-order valence-corrected chi connectivity index (χ1v) is 11.3. The number of non-ortho nitro benzene ring substituents is 2. The van der Waals surface area contributed by atoms with Crippen molar-refractivity contribution in [3.63, 3.8) is 0 Å². The zero-order chi connectivity index (χ0) is 25.2. The minimum atomic E-state index is -0.824. The molecule has 0 bridgehead atoms. The fourth-order valence-corrected chi connectivity index (χ4v) is 4.56. The van der Waals surface area contributed by atoms with Crippen LogP contribution in [0.5, 0.6) is 0 Å². The second-order valence-corrected chi connectivity index (χ2v) is 8.46. The lowest BCUT2D eigenvalue weighted by Crippen LogP contribution is -2.31. The van der Waals surface area contributed by atoms with Crippen molar-refractivity contribution in [1.29, 1.82) is 0 Å². The fraction of sp³-hybridized carbons (Fsp3) is 0.111. The summed E-state index contributed by atoms with van der Waals surface area (Å²) < 4.78 is 1.86. The molecule has 0 aliphatic carbocycles. The molecule has 0 fully saturated rings. The van der Waals surface area contributed by atoms with Gasteiger partial charge in [-0.1, -0.05) is 36.4 Å². The second kappa shape index (κ2) is 9.47. The molecular weight excluding hydrogens is 460 g/mol. The third-order valence-corrected chi connectivity index (χ3v) is 6.18. The topological polar surface area (TPSA) is 115 Å². The van der Waals surface area contributed by atoms with Crippen LogP contribution >= 0.6 is 0 Å². The van der Waals surface area contributed by atoms with E-state index in [1.54, 1.807) is 12.1 Å². The molecule has 1 aromatic heterocycles. The number of para-hydroxylation sites is 2. The number of aliphatic hydroxyl groups is 1. The van der Waals surface area contributed by atoms with Crippen molar-refractivity contribution in [2.24, 2.45) is 0 Å². The van der Waals surface area contributed by atoms with Gasteiger partial charge in [-0.05, 0) is 36.4 Å². The number of hydrogen-bond donors (Lipinski definition) is 1. The van der Waals surface area contributed by atoms with Crippen LogP contribution in [0, 0.1) is 20.2 Å². The molecule has 0 aliphatic rings. The maximum atomic E-state index is 11.4. The Morgan fingerprint density at radius 3 is 1.58 bits per heavy atom. The predicted molar refractivity (Wildman–Crippen MR) is 139 cm³/mol. The molecule has 9 nitrogen and oxygen atoms in total. The van der Waals surface area contributed by atoms with Gasteiger partial charge in [0.05, 0.1) is 29.0 Å². The third-order valence-electron chi connectivity index (χ3n) is 6.18. The summed E-state index contributed by atoms with van der Waals surface area (Å²) in [5.41, 5.74) is 2.95. The van der Waals surface area contributed by atoms with E-state index in [0.717, 1.165) is 11.4 Å². The molecule has 1 unspecified atom stereocenters. The molecule has 1 heterocycles. The van der Waals surface area contributed by atoms with Gasteiger partial charge in [0.15, 0.2) is 0 Å². The number of nitrogens with zero attached hydrogens (tertiary/aromatic N) is 4. The zero-order valence-electron chi connectivity index (χ0n) is 19.1. The second-order valence-electron chi connectivity index (χ2n) is 8.46. The molecule has 5 rings (SSSR count). The van der Waals surface area contributed by atoms with Crippen LogP contribution in [-0.4, -0.2) is 32.2 Å². The summed E-state index contributed by atoms with van der Waals surface area (Å²) in [6.45, 7) is 0.473. The number of nitro groups is 2. The Hall–Kier alpha value is -4.76. The molecule has 0 spiro atoms. The van der Waals surface area contributed by atoms with Crippen LogP contribution in [0.1, 0.15) is 0 Å². The number of rotatable bonds is 8. The average molecular weight is 482 g/mol. The standard InChI is InChI=1S/C27H22N4O5/c32-23(17-28(19-7-3-1-4-8-19)20-9-5-2-6-10-20)18-29-26-13-11-21(30(33)34)15-24(26)25-16-22(31(35)36)12-14-27(25)29/h1-16,23,32H,17-18H2. The van der Waals surface area contributed by atoms with E-state index < -0.39 is 16.0 Å². The first-order chi connectivity index (χ1) is 17.4. The molecule has 0 radical (unpaired) electrons. The third kappa shape index (κ3) is 4.35. The highest BCUT2D eigenvalue weighted by Crippen LogP contribution is 2.34.